The van der Waals surface area contributed by atoms with Crippen LogP contribution in [-0.4, -0.2) is 0 Å². The average Bonchev–Trinajstić information content (AvgIpc) is 3.46. The molecule has 1 heteroatoms. The normalized spacial score (nSPS) is 11.8. The van der Waals surface area contributed by atoms with E-state index in [1.54, 1.807) is 0 Å². The monoisotopic (exact) mass is 923 g/mol. The molecular weight excluding hydrogens is 879 g/mol. The molecule has 338 valence electrons. The third-order valence-corrected chi connectivity index (χ3v) is 15.6. The van der Waals surface area contributed by atoms with Gasteiger partial charge in [-0.25, -0.2) is 0 Å². The van der Waals surface area contributed by atoms with Gasteiger partial charge in [-0.2, -0.15) is 0 Å². The topological polar surface area (TPSA) is 3.24 Å². The van der Waals surface area contributed by atoms with Crippen molar-refractivity contribution in [1.82, 2.24) is 0 Å². The highest BCUT2D eigenvalue weighted by molar-refractivity contribution is 6.23. The molecule has 0 aliphatic heterocycles. The Hall–Kier alpha value is -9.56. The van der Waals surface area contributed by atoms with E-state index in [1.807, 2.05) is 0 Å². The van der Waals surface area contributed by atoms with Gasteiger partial charge in [0, 0.05) is 17.1 Å². The molecular formula is C72H45N. The number of anilines is 3. The molecule has 15 aromatic rings. The van der Waals surface area contributed by atoms with Gasteiger partial charge in [-0.15, -0.1) is 0 Å². The second-order valence-electron chi connectivity index (χ2n) is 19.6. The lowest BCUT2D eigenvalue weighted by Crippen LogP contribution is -2.09. The molecule has 0 N–H and O–H groups in total. The maximum absolute atomic E-state index is 2.39. The molecule has 15 rings (SSSR count). The Kier molecular flexibility index (Phi) is 9.33. The quantitative estimate of drug-likeness (QED) is 0.150. The third-order valence-electron chi connectivity index (χ3n) is 15.6. The lowest BCUT2D eigenvalue weighted by molar-refractivity contribution is 1.28. The fraction of sp³-hybridized carbons (Fsp3) is 0. The van der Waals surface area contributed by atoms with E-state index in [2.05, 4.69) is 278 Å². The molecule has 0 bridgehead atoms. The zero-order valence-electron chi connectivity index (χ0n) is 39.9. The summed E-state index contributed by atoms with van der Waals surface area (Å²) in [6.45, 7) is 0. The predicted octanol–water partition coefficient (Wildman–Crippen LogP) is 20.5. The van der Waals surface area contributed by atoms with Crippen molar-refractivity contribution in [2.45, 2.75) is 0 Å². The summed E-state index contributed by atoms with van der Waals surface area (Å²) in [4.78, 5) is 2.39. The van der Waals surface area contributed by atoms with Crippen molar-refractivity contribution in [2.24, 2.45) is 0 Å². The second kappa shape index (κ2) is 16.5. The van der Waals surface area contributed by atoms with Crippen molar-refractivity contribution < 1.29 is 0 Å². The van der Waals surface area contributed by atoms with Crippen LogP contribution in [0, 0.1) is 0 Å². The molecule has 0 unspecified atom stereocenters. The van der Waals surface area contributed by atoms with Crippen LogP contribution in [0.1, 0.15) is 0 Å². The van der Waals surface area contributed by atoms with Crippen molar-refractivity contribution in [3.05, 3.63) is 273 Å². The zero-order chi connectivity index (χ0) is 48.0. The number of benzene rings is 15. The molecule has 0 aliphatic rings. The number of hydrogen-bond acceptors (Lipinski definition) is 1. The molecule has 0 saturated heterocycles. The summed E-state index contributed by atoms with van der Waals surface area (Å²) in [7, 11) is 0. The van der Waals surface area contributed by atoms with Crippen LogP contribution in [0.4, 0.5) is 17.1 Å². The van der Waals surface area contributed by atoms with Crippen LogP contribution in [0.5, 0.6) is 0 Å². The van der Waals surface area contributed by atoms with Crippen LogP contribution < -0.4 is 4.90 Å². The summed E-state index contributed by atoms with van der Waals surface area (Å²) in [5.74, 6) is 0. The van der Waals surface area contributed by atoms with Crippen LogP contribution in [-0.2, 0) is 0 Å². The summed E-state index contributed by atoms with van der Waals surface area (Å²) in [6.07, 6.45) is 0. The van der Waals surface area contributed by atoms with Gasteiger partial charge in [0.2, 0.25) is 0 Å². The minimum absolute atomic E-state index is 1.09. The van der Waals surface area contributed by atoms with Crippen molar-refractivity contribution in [3.8, 4) is 33.4 Å². The van der Waals surface area contributed by atoms with E-state index in [4.69, 9.17) is 0 Å². The Labute approximate surface area is 423 Å². The Morgan fingerprint density at radius 3 is 0.671 bits per heavy atom. The molecule has 0 saturated carbocycles. The van der Waals surface area contributed by atoms with Crippen LogP contribution in [0.3, 0.4) is 0 Å². The Morgan fingerprint density at radius 1 is 0.164 bits per heavy atom. The van der Waals surface area contributed by atoms with Crippen molar-refractivity contribution in [3.63, 3.8) is 0 Å². The number of rotatable bonds is 6. The van der Waals surface area contributed by atoms with Crippen LogP contribution in [0.2, 0.25) is 0 Å². The maximum atomic E-state index is 2.39. The SMILES string of the molecule is c1ccc2c(c1)ccc1ccc3ccc(-c4ccc(N(c5ccc(-c6ccc7ccc8ccc9ccccc9c8c7c6)cc5)c5ccc(-c6ccc7ccc8ccc9ccccc9c8c7c6)cc5)cc4)cc3c12. The first-order valence-electron chi connectivity index (χ1n) is 25.3. The first-order valence-corrected chi connectivity index (χ1v) is 25.3. The smallest absolute Gasteiger partial charge is 0.0462 e. The van der Waals surface area contributed by atoms with Gasteiger partial charge in [-0.3, -0.25) is 0 Å². The maximum Gasteiger partial charge on any atom is 0.0462 e. The van der Waals surface area contributed by atoms with Gasteiger partial charge >= 0.3 is 0 Å². The van der Waals surface area contributed by atoms with E-state index >= 15 is 0 Å². The first-order chi connectivity index (χ1) is 36.1. The molecule has 15 aromatic carbocycles. The average molecular weight is 924 g/mol. The molecule has 73 heavy (non-hydrogen) atoms. The highest BCUT2D eigenvalue weighted by Gasteiger charge is 2.16. The second-order valence-corrected chi connectivity index (χ2v) is 19.6. The first kappa shape index (κ1) is 41.2. The number of hydrogen-bond donors (Lipinski definition) is 0. The van der Waals surface area contributed by atoms with E-state index in [0.29, 0.717) is 0 Å². The fourth-order valence-electron chi connectivity index (χ4n) is 11.9. The zero-order valence-corrected chi connectivity index (χ0v) is 39.9. The number of fused-ring (bicyclic) bond motifs is 15. The van der Waals surface area contributed by atoms with Crippen molar-refractivity contribution >= 4 is 114 Å². The molecule has 0 spiro atoms. The Bertz CT molecular complexity index is 4200. The summed E-state index contributed by atoms with van der Waals surface area (Å²) < 4.78 is 0. The number of nitrogens with zero attached hydrogens (tertiary/aromatic N) is 1. The van der Waals surface area contributed by atoms with Gasteiger partial charge < -0.3 is 4.90 Å². The Balaban J connectivity index is 0.830. The molecule has 1 nitrogen and oxygen atoms in total. The summed E-state index contributed by atoms with van der Waals surface area (Å²) >= 11 is 0. The minimum atomic E-state index is 1.09. The molecule has 0 aliphatic carbocycles. The van der Waals surface area contributed by atoms with E-state index < -0.39 is 0 Å². The molecule has 0 fully saturated rings. The Morgan fingerprint density at radius 2 is 0.384 bits per heavy atom. The molecule has 0 radical (unpaired) electrons. The largest absolute Gasteiger partial charge is 0.311 e. The van der Waals surface area contributed by atoms with Crippen molar-refractivity contribution in [2.75, 3.05) is 4.90 Å². The molecule has 0 amide bonds. The van der Waals surface area contributed by atoms with Crippen LogP contribution >= 0.6 is 0 Å². The van der Waals surface area contributed by atoms with Gasteiger partial charge in [0.1, 0.15) is 0 Å². The predicted molar refractivity (Wildman–Crippen MR) is 315 cm³/mol. The summed E-state index contributed by atoms with van der Waals surface area (Å²) in [5.41, 5.74) is 10.4. The highest BCUT2D eigenvalue weighted by Crippen LogP contribution is 2.42. The lowest BCUT2D eigenvalue weighted by Gasteiger charge is -2.26. The summed E-state index contributed by atoms with van der Waals surface area (Å²) in [5, 5.41) is 22.9. The fourth-order valence-corrected chi connectivity index (χ4v) is 11.9. The van der Waals surface area contributed by atoms with E-state index in [1.165, 1.54) is 130 Å². The lowest BCUT2D eigenvalue weighted by atomic mass is 9.93. The molecule has 0 aromatic heterocycles. The van der Waals surface area contributed by atoms with Crippen LogP contribution in [0.25, 0.3) is 130 Å². The highest BCUT2D eigenvalue weighted by atomic mass is 15.1. The molecule has 0 atom stereocenters. The molecule has 0 heterocycles. The van der Waals surface area contributed by atoms with Gasteiger partial charge in [0.15, 0.2) is 0 Å². The van der Waals surface area contributed by atoms with E-state index in [9.17, 15) is 0 Å². The summed E-state index contributed by atoms with van der Waals surface area (Å²) in [6, 6.07) is 101. The van der Waals surface area contributed by atoms with Gasteiger partial charge in [-0.1, -0.05) is 218 Å². The standard InChI is InChI=1S/C72H45N/c1-4-10-64-49(7-1)13-22-55-25-16-52-19-28-58(43-67(52)70(55)64)46-31-37-61(38-32-46)73(62-39-33-47(34-40-62)59-29-20-53-17-26-56-23-14-50-8-2-5-11-65(50)71(56)68(53)44-59)63-41-35-48(36-42-63)60-30-21-54-18-27-57-24-15-51-9-3-6-12-66(51)72(57)69(54)45-60/h1-45H. The van der Waals surface area contributed by atoms with Gasteiger partial charge in [0.05, 0.1) is 0 Å². The third kappa shape index (κ3) is 6.85. The van der Waals surface area contributed by atoms with Crippen LogP contribution in [0.15, 0.2) is 273 Å². The van der Waals surface area contributed by atoms with Crippen molar-refractivity contribution in [1.29, 1.82) is 0 Å². The van der Waals surface area contributed by atoms with E-state index in [0.717, 1.165) is 17.1 Å². The minimum Gasteiger partial charge on any atom is -0.311 e. The van der Waals surface area contributed by atoms with Gasteiger partial charge in [0.25, 0.3) is 0 Å². The van der Waals surface area contributed by atoms with E-state index in [-0.39, 0.29) is 0 Å². The van der Waals surface area contributed by atoms with Gasteiger partial charge in [-0.05, 0) is 185 Å².